The van der Waals surface area contributed by atoms with Crippen LogP contribution in [0.5, 0.6) is 0 Å². The molecule has 0 aromatic heterocycles. The number of halogens is 1. The molecule has 1 aromatic carbocycles. The molecule has 3 N–H and O–H groups in total. The smallest absolute Gasteiger partial charge is 0.149 e. The van der Waals surface area contributed by atoms with Crippen molar-refractivity contribution in [3.05, 3.63) is 22.7 Å². The first kappa shape index (κ1) is 13.3. The first-order chi connectivity index (χ1) is 7.28. The van der Waals surface area contributed by atoms with Crippen molar-refractivity contribution in [2.45, 2.75) is 13.0 Å². The molecular weight excluding hydrogens is 292 g/mol. The maximum Gasteiger partial charge on any atom is 0.149 e. The fourth-order valence-corrected chi connectivity index (χ4v) is 2.91. The summed E-state index contributed by atoms with van der Waals surface area (Å²) in [5, 5.41) is 3.11. The molecule has 0 aliphatic heterocycles. The number of nitrogens with two attached hydrogens (primary N) is 1. The topological polar surface area (TPSA) is 72.2 Å². The minimum Gasteiger partial charge on any atom is -0.399 e. The summed E-state index contributed by atoms with van der Waals surface area (Å²) in [6.07, 6.45) is 1.23. The molecule has 4 nitrogen and oxygen atoms in total. The van der Waals surface area contributed by atoms with Crippen molar-refractivity contribution >= 4 is 37.1 Å². The Balaban J connectivity index is 2.73. The lowest BCUT2D eigenvalue weighted by molar-refractivity contribution is 0.598. The van der Waals surface area contributed by atoms with Crippen molar-refractivity contribution in [3.8, 4) is 0 Å². The van der Waals surface area contributed by atoms with E-state index in [9.17, 15) is 8.42 Å². The molecule has 0 bridgehead atoms. The molecule has 1 unspecified atom stereocenters. The van der Waals surface area contributed by atoms with E-state index in [0.717, 1.165) is 10.2 Å². The number of hydrogen-bond donors (Lipinski definition) is 2. The average molecular weight is 307 g/mol. The zero-order valence-corrected chi connectivity index (χ0v) is 11.6. The van der Waals surface area contributed by atoms with Gasteiger partial charge in [0.15, 0.2) is 0 Å². The molecule has 0 spiro atoms. The van der Waals surface area contributed by atoms with Gasteiger partial charge in [-0.25, -0.2) is 8.42 Å². The molecule has 90 valence electrons. The summed E-state index contributed by atoms with van der Waals surface area (Å²) in [6.45, 7) is 1.82. The van der Waals surface area contributed by atoms with Crippen molar-refractivity contribution < 1.29 is 8.42 Å². The molecule has 0 aliphatic carbocycles. The van der Waals surface area contributed by atoms with Crippen molar-refractivity contribution in [2.24, 2.45) is 0 Å². The van der Waals surface area contributed by atoms with Crippen molar-refractivity contribution in [1.29, 1.82) is 0 Å². The average Bonchev–Trinajstić information content (AvgIpc) is 2.06. The van der Waals surface area contributed by atoms with Crippen LogP contribution in [0.1, 0.15) is 6.92 Å². The third-order valence-corrected chi connectivity index (χ3v) is 3.71. The first-order valence-electron chi connectivity index (χ1n) is 4.77. The molecule has 0 saturated heterocycles. The number of nitrogen functional groups attached to an aromatic ring is 1. The number of hydrogen-bond acceptors (Lipinski definition) is 4. The van der Waals surface area contributed by atoms with Crippen LogP contribution >= 0.6 is 15.9 Å². The molecule has 0 saturated carbocycles. The molecule has 0 heterocycles. The highest BCUT2D eigenvalue weighted by Crippen LogP contribution is 2.25. The fourth-order valence-electron chi connectivity index (χ4n) is 1.41. The minimum atomic E-state index is -2.97. The molecule has 16 heavy (non-hydrogen) atoms. The standard InChI is InChI=1S/C10H15BrN2O2S/c1-7(6-16(2,14)15)13-10-4-3-8(12)5-9(10)11/h3-5,7,13H,6,12H2,1-2H3. The predicted molar refractivity (Wildman–Crippen MR) is 71.3 cm³/mol. The van der Waals surface area contributed by atoms with Gasteiger partial charge in [-0.15, -0.1) is 0 Å². The van der Waals surface area contributed by atoms with Crippen molar-refractivity contribution in [2.75, 3.05) is 23.1 Å². The minimum absolute atomic E-state index is 0.101. The summed E-state index contributed by atoms with van der Waals surface area (Å²) >= 11 is 3.36. The normalized spacial score (nSPS) is 13.4. The van der Waals surface area contributed by atoms with Gasteiger partial charge in [0.25, 0.3) is 0 Å². The van der Waals surface area contributed by atoms with Gasteiger partial charge in [0, 0.05) is 28.1 Å². The number of benzene rings is 1. The van der Waals surface area contributed by atoms with Gasteiger partial charge in [-0.1, -0.05) is 0 Å². The second kappa shape index (κ2) is 5.05. The monoisotopic (exact) mass is 306 g/mol. The number of sulfone groups is 1. The highest BCUT2D eigenvalue weighted by atomic mass is 79.9. The maximum absolute atomic E-state index is 11.1. The van der Waals surface area contributed by atoms with Crippen LogP contribution in [0.15, 0.2) is 22.7 Å². The zero-order valence-electron chi connectivity index (χ0n) is 9.20. The van der Waals surface area contributed by atoms with Crippen LogP contribution in [0.25, 0.3) is 0 Å². The van der Waals surface area contributed by atoms with E-state index in [2.05, 4.69) is 21.2 Å². The maximum atomic E-state index is 11.1. The molecule has 0 radical (unpaired) electrons. The van der Waals surface area contributed by atoms with Gasteiger partial charge in [-0.2, -0.15) is 0 Å². The van der Waals surface area contributed by atoms with Crippen LogP contribution in [0.2, 0.25) is 0 Å². The van der Waals surface area contributed by atoms with Gasteiger partial charge in [0.2, 0.25) is 0 Å². The second-order valence-electron chi connectivity index (χ2n) is 3.88. The molecule has 6 heteroatoms. The van der Waals surface area contributed by atoms with E-state index < -0.39 is 9.84 Å². The molecule has 0 fully saturated rings. The van der Waals surface area contributed by atoms with E-state index in [0.29, 0.717) is 5.69 Å². The quantitative estimate of drug-likeness (QED) is 0.833. The van der Waals surface area contributed by atoms with E-state index in [4.69, 9.17) is 5.73 Å². The Hall–Kier alpha value is -0.750. The molecule has 1 rings (SSSR count). The highest BCUT2D eigenvalue weighted by molar-refractivity contribution is 9.10. The van der Waals surface area contributed by atoms with E-state index in [1.54, 1.807) is 12.1 Å². The third-order valence-electron chi connectivity index (χ3n) is 1.95. The van der Waals surface area contributed by atoms with E-state index in [-0.39, 0.29) is 11.8 Å². The van der Waals surface area contributed by atoms with Crippen molar-refractivity contribution in [1.82, 2.24) is 0 Å². The number of rotatable bonds is 4. The summed E-state index contributed by atoms with van der Waals surface area (Å²) in [6, 6.07) is 5.21. The van der Waals surface area contributed by atoms with Crippen LogP contribution in [0, 0.1) is 0 Å². The summed E-state index contributed by atoms with van der Waals surface area (Å²) in [7, 11) is -2.97. The highest BCUT2D eigenvalue weighted by Gasteiger charge is 2.11. The van der Waals surface area contributed by atoms with Crippen molar-refractivity contribution in [3.63, 3.8) is 0 Å². The number of anilines is 2. The number of nitrogens with one attached hydrogen (secondary N) is 1. The Labute approximate surface area is 104 Å². The lowest BCUT2D eigenvalue weighted by Crippen LogP contribution is -2.25. The predicted octanol–water partition coefficient (Wildman–Crippen LogP) is 1.88. The van der Waals surface area contributed by atoms with E-state index >= 15 is 0 Å². The Morgan fingerprint density at radius 1 is 1.50 bits per heavy atom. The largest absolute Gasteiger partial charge is 0.399 e. The van der Waals surface area contributed by atoms with E-state index in [1.807, 2.05) is 13.0 Å². The van der Waals surface area contributed by atoms with Crippen LogP contribution in [-0.2, 0) is 9.84 Å². The molecule has 0 amide bonds. The first-order valence-corrected chi connectivity index (χ1v) is 7.62. The summed E-state index contributed by atoms with van der Waals surface area (Å²) in [5.74, 6) is 0.101. The zero-order chi connectivity index (χ0) is 12.3. The van der Waals surface area contributed by atoms with Gasteiger partial charge in [0.1, 0.15) is 9.84 Å². The Kier molecular flexibility index (Phi) is 4.21. The summed E-state index contributed by atoms with van der Waals surface area (Å²) in [4.78, 5) is 0. The van der Waals surface area contributed by atoms with Crippen LogP contribution in [-0.4, -0.2) is 26.5 Å². The van der Waals surface area contributed by atoms with E-state index in [1.165, 1.54) is 6.26 Å². The third kappa shape index (κ3) is 4.40. The van der Waals surface area contributed by atoms with Crippen LogP contribution < -0.4 is 11.1 Å². The molecule has 0 aliphatic rings. The van der Waals surface area contributed by atoms with Gasteiger partial charge in [-0.05, 0) is 41.1 Å². The molecule has 1 aromatic rings. The van der Waals surface area contributed by atoms with Crippen LogP contribution in [0.4, 0.5) is 11.4 Å². The fraction of sp³-hybridized carbons (Fsp3) is 0.400. The van der Waals surface area contributed by atoms with Gasteiger partial charge < -0.3 is 11.1 Å². The SMILES string of the molecule is CC(CS(C)(=O)=O)Nc1ccc(N)cc1Br. The Morgan fingerprint density at radius 3 is 2.62 bits per heavy atom. The molecular formula is C10H15BrN2O2S. The lowest BCUT2D eigenvalue weighted by atomic mass is 10.2. The lowest BCUT2D eigenvalue weighted by Gasteiger charge is -2.15. The Bertz CT molecular complexity index is 474. The second-order valence-corrected chi connectivity index (χ2v) is 6.92. The van der Waals surface area contributed by atoms with Gasteiger partial charge in [-0.3, -0.25) is 0 Å². The summed E-state index contributed by atoms with van der Waals surface area (Å²) in [5.41, 5.74) is 7.11. The van der Waals surface area contributed by atoms with Crippen LogP contribution in [0.3, 0.4) is 0 Å². The summed E-state index contributed by atoms with van der Waals surface area (Å²) < 4.78 is 23.0. The molecule has 1 atom stereocenters. The Morgan fingerprint density at radius 2 is 2.12 bits per heavy atom. The van der Waals surface area contributed by atoms with Gasteiger partial charge >= 0.3 is 0 Å². The van der Waals surface area contributed by atoms with Gasteiger partial charge in [0.05, 0.1) is 5.75 Å².